The van der Waals surface area contributed by atoms with E-state index in [4.69, 9.17) is 24.8 Å². The molecule has 0 aromatic rings. The predicted octanol–water partition coefficient (Wildman–Crippen LogP) is 3.10. The van der Waals surface area contributed by atoms with Crippen LogP contribution in [0.1, 0.15) is 64.2 Å². The molecular weight excluding hydrogens is 389 g/mol. The molecule has 168 valence electrons. The molecule has 0 heterocycles. The predicted molar refractivity (Wildman–Crippen MR) is 106 cm³/mol. The van der Waals surface area contributed by atoms with Crippen molar-refractivity contribution < 1.29 is 37.9 Å². The summed E-state index contributed by atoms with van der Waals surface area (Å²) in [6, 6.07) is 0. The normalized spacial score (nSPS) is 14.7. The van der Waals surface area contributed by atoms with E-state index in [0.717, 1.165) is 44.9 Å². The van der Waals surface area contributed by atoms with E-state index >= 15 is 0 Å². The molecule has 0 amide bonds. The number of aliphatic carboxylic acids is 1. The van der Waals surface area contributed by atoms with E-state index in [1.54, 1.807) is 0 Å². The zero-order chi connectivity index (χ0) is 21.1. The van der Waals surface area contributed by atoms with Crippen LogP contribution in [0.4, 0.5) is 0 Å². The monoisotopic (exact) mass is 427 g/mol. The first-order valence-corrected chi connectivity index (χ1v) is 11.5. The van der Waals surface area contributed by atoms with E-state index in [1.807, 2.05) is 0 Å². The largest absolute Gasteiger partial charge is 0.481 e. The summed E-state index contributed by atoms with van der Waals surface area (Å²) < 4.78 is 31.7. The van der Waals surface area contributed by atoms with Crippen LogP contribution < -0.4 is 5.73 Å². The molecule has 0 aliphatic heterocycles. The lowest BCUT2D eigenvalue weighted by Crippen LogP contribution is -2.24. The maximum atomic E-state index is 11.5. The van der Waals surface area contributed by atoms with Crippen LogP contribution in [-0.2, 0) is 27.9 Å². The molecular formula is C18H38NO8P. The van der Waals surface area contributed by atoms with Crippen molar-refractivity contribution in [3.8, 4) is 0 Å². The lowest BCUT2D eigenvalue weighted by atomic mass is 10.1. The Labute approximate surface area is 168 Å². The third-order valence-corrected chi connectivity index (χ3v) is 5.10. The molecule has 0 aliphatic rings. The van der Waals surface area contributed by atoms with E-state index in [1.165, 1.54) is 20.0 Å². The Morgan fingerprint density at radius 1 is 0.929 bits per heavy atom. The van der Waals surface area contributed by atoms with Crippen molar-refractivity contribution in [2.24, 2.45) is 5.73 Å². The van der Waals surface area contributed by atoms with Gasteiger partial charge in [0, 0.05) is 26.7 Å². The maximum absolute atomic E-state index is 11.5. The molecule has 0 spiro atoms. The molecule has 9 nitrogen and oxygen atoms in total. The number of phosphoric acid groups is 1. The first kappa shape index (κ1) is 27.5. The van der Waals surface area contributed by atoms with Crippen LogP contribution in [0.2, 0.25) is 0 Å². The zero-order valence-electron chi connectivity index (χ0n) is 17.1. The van der Waals surface area contributed by atoms with Gasteiger partial charge >= 0.3 is 13.8 Å². The first-order chi connectivity index (χ1) is 13.4. The van der Waals surface area contributed by atoms with Crippen LogP contribution in [0.5, 0.6) is 0 Å². The Balaban J connectivity index is 3.48. The van der Waals surface area contributed by atoms with Gasteiger partial charge in [-0.1, -0.05) is 44.9 Å². The number of carboxylic acids is 1. The highest BCUT2D eigenvalue weighted by molar-refractivity contribution is 7.47. The second-order valence-corrected chi connectivity index (χ2v) is 8.10. The smallest absolute Gasteiger partial charge is 0.472 e. The highest BCUT2D eigenvalue weighted by atomic mass is 31.2. The molecule has 10 heteroatoms. The topological polar surface area (TPSA) is 138 Å². The summed E-state index contributed by atoms with van der Waals surface area (Å²) in [6.07, 6.45) is 9.44. The van der Waals surface area contributed by atoms with Crippen molar-refractivity contribution in [2.75, 3.05) is 40.1 Å². The Kier molecular flexibility index (Phi) is 18.1. The fraction of sp³-hybridized carbons (Fsp3) is 0.944. The third-order valence-electron chi connectivity index (χ3n) is 4.11. The van der Waals surface area contributed by atoms with Gasteiger partial charge in [0.25, 0.3) is 0 Å². The van der Waals surface area contributed by atoms with Gasteiger partial charge in [-0.3, -0.25) is 13.8 Å². The molecule has 0 bridgehead atoms. The number of phosphoric ester groups is 1. The van der Waals surface area contributed by atoms with Crippen LogP contribution in [0.15, 0.2) is 0 Å². The van der Waals surface area contributed by atoms with Gasteiger partial charge in [-0.15, -0.1) is 0 Å². The lowest BCUT2D eigenvalue weighted by Gasteiger charge is -2.18. The summed E-state index contributed by atoms with van der Waals surface area (Å²) in [5, 5.41) is 8.55. The highest BCUT2D eigenvalue weighted by Gasteiger charge is 2.23. The molecule has 0 rings (SSSR count). The van der Waals surface area contributed by atoms with E-state index in [2.05, 4.69) is 4.52 Å². The van der Waals surface area contributed by atoms with Crippen molar-refractivity contribution in [2.45, 2.75) is 70.3 Å². The summed E-state index contributed by atoms with van der Waals surface area (Å²) >= 11 is 0. The average Bonchev–Trinajstić information content (AvgIpc) is 2.66. The molecule has 0 fully saturated rings. The highest BCUT2D eigenvalue weighted by Crippen LogP contribution is 2.42. The Bertz CT molecular complexity index is 424. The number of hydrogen-bond acceptors (Lipinski definition) is 7. The molecule has 2 atom stereocenters. The van der Waals surface area contributed by atoms with Gasteiger partial charge in [0.2, 0.25) is 0 Å². The van der Waals surface area contributed by atoms with Gasteiger partial charge in [0.15, 0.2) is 0 Å². The molecule has 1 unspecified atom stereocenters. The minimum atomic E-state index is -4.09. The number of nitrogens with two attached hydrogens (primary N) is 1. The van der Waals surface area contributed by atoms with Gasteiger partial charge in [-0.2, -0.15) is 0 Å². The molecule has 4 N–H and O–H groups in total. The summed E-state index contributed by atoms with van der Waals surface area (Å²) in [4.78, 5) is 19.8. The van der Waals surface area contributed by atoms with E-state index in [0.29, 0.717) is 6.61 Å². The van der Waals surface area contributed by atoms with Gasteiger partial charge in [0.05, 0.1) is 19.8 Å². The van der Waals surface area contributed by atoms with Crippen LogP contribution in [0, 0.1) is 0 Å². The third kappa shape index (κ3) is 18.8. The summed E-state index contributed by atoms with van der Waals surface area (Å²) in [6.45, 7) is 0.880. The Morgan fingerprint density at radius 3 is 2.04 bits per heavy atom. The number of rotatable bonds is 21. The van der Waals surface area contributed by atoms with Crippen molar-refractivity contribution in [1.29, 1.82) is 0 Å². The number of unbranched alkanes of at least 4 members (excludes halogenated alkanes) is 8. The van der Waals surface area contributed by atoms with Crippen LogP contribution >= 0.6 is 7.82 Å². The van der Waals surface area contributed by atoms with Crippen molar-refractivity contribution >= 4 is 13.8 Å². The van der Waals surface area contributed by atoms with Gasteiger partial charge < -0.3 is 25.2 Å². The lowest BCUT2D eigenvalue weighted by molar-refractivity contribution is -0.137. The standard InChI is InChI=1S/C18H38NO8P/c1-24-17(16-27-28(22,23)26-14-12-19)15-25-13-10-8-6-4-2-3-5-7-9-11-18(20)21/h17H,2-16,19H2,1H3,(H,20,21)(H,22,23)/t17-/m1/s1. The SMILES string of the molecule is CO[C@H](COCCCCCCCCCCCC(=O)O)COP(=O)(O)OCCN. The zero-order valence-corrected chi connectivity index (χ0v) is 17.9. The average molecular weight is 427 g/mol. The second kappa shape index (κ2) is 18.5. The van der Waals surface area contributed by atoms with Crippen molar-refractivity contribution in [1.82, 2.24) is 0 Å². The van der Waals surface area contributed by atoms with Gasteiger partial charge in [0.1, 0.15) is 6.10 Å². The van der Waals surface area contributed by atoms with Crippen LogP contribution in [-0.4, -0.2) is 62.2 Å². The summed E-state index contributed by atoms with van der Waals surface area (Å²) in [5.74, 6) is -0.712. The second-order valence-electron chi connectivity index (χ2n) is 6.64. The fourth-order valence-corrected chi connectivity index (χ4v) is 3.26. The van der Waals surface area contributed by atoms with Crippen molar-refractivity contribution in [3.05, 3.63) is 0 Å². The number of hydrogen-bond donors (Lipinski definition) is 3. The fourth-order valence-electron chi connectivity index (χ4n) is 2.50. The van der Waals surface area contributed by atoms with Gasteiger partial charge in [-0.25, -0.2) is 4.57 Å². The number of carboxylic acid groups (broad SMARTS) is 1. The Hall–Kier alpha value is -0.540. The Morgan fingerprint density at radius 2 is 1.50 bits per heavy atom. The number of carbonyl (C=O) groups is 1. The first-order valence-electron chi connectivity index (χ1n) is 10.1. The van der Waals surface area contributed by atoms with E-state index in [9.17, 15) is 14.3 Å². The minimum absolute atomic E-state index is 0.0490. The summed E-state index contributed by atoms with van der Waals surface area (Å²) in [5.41, 5.74) is 5.21. The number of methoxy groups -OCH3 is 1. The van der Waals surface area contributed by atoms with E-state index < -0.39 is 19.9 Å². The molecule has 28 heavy (non-hydrogen) atoms. The molecule has 0 saturated carbocycles. The molecule has 0 aromatic heterocycles. The number of ether oxygens (including phenoxy) is 2. The van der Waals surface area contributed by atoms with Gasteiger partial charge in [-0.05, 0) is 12.8 Å². The summed E-state index contributed by atoms with van der Waals surface area (Å²) in [7, 11) is -2.60. The molecule has 0 radical (unpaired) electrons. The maximum Gasteiger partial charge on any atom is 0.472 e. The van der Waals surface area contributed by atoms with E-state index in [-0.39, 0.29) is 32.8 Å². The van der Waals surface area contributed by atoms with Crippen LogP contribution in [0.25, 0.3) is 0 Å². The van der Waals surface area contributed by atoms with Crippen LogP contribution in [0.3, 0.4) is 0 Å². The minimum Gasteiger partial charge on any atom is -0.481 e. The molecule has 0 saturated heterocycles. The quantitative estimate of drug-likeness (QED) is 0.186. The van der Waals surface area contributed by atoms with Crippen molar-refractivity contribution in [3.63, 3.8) is 0 Å². The molecule has 0 aliphatic carbocycles. The molecule has 0 aromatic carbocycles.